The first-order valence-electron chi connectivity index (χ1n) is 10.0. The van der Waals surface area contributed by atoms with Gasteiger partial charge in [-0.3, -0.25) is 9.36 Å². The predicted octanol–water partition coefficient (Wildman–Crippen LogP) is 2.53. The minimum absolute atomic E-state index is 0.208. The van der Waals surface area contributed by atoms with Crippen molar-refractivity contribution in [3.05, 3.63) is 45.9 Å². The molecule has 0 unspecified atom stereocenters. The Morgan fingerprint density at radius 1 is 1.32 bits per heavy atom. The molecule has 10 heteroatoms. The molecule has 31 heavy (non-hydrogen) atoms. The molecule has 1 fully saturated rings. The maximum Gasteiger partial charge on any atom is 0.354 e. The van der Waals surface area contributed by atoms with Crippen LogP contribution in [0.3, 0.4) is 0 Å². The Morgan fingerprint density at radius 2 is 2.06 bits per heavy atom. The number of carbonyl (C=O) groups excluding carboxylic acids is 1. The molecule has 0 spiro atoms. The van der Waals surface area contributed by atoms with Crippen LogP contribution in [0.1, 0.15) is 29.0 Å². The van der Waals surface area contributed by atoms with Gasteiger partial charge in [-0.2, -0.15) is 4.98 Å². The first kappa shape index (κ1) is 21.0. The summed E-state index contributed by atoms with van der Waals surface area (Å²) in [7, 11) is 3.04. The Labute approximate surface area is 177 Å². The van der Waals surface area contributed by atoms with Crippen LogP contribution in [0.4, 0.5) is 16.0 Å². The average Bonchev–Trinajstić information content (AvgIpc) is 3.12. The molecule has 3 aromatic rings. The number of ether oxygens (including phenoxy) is 2. The monoisotopic (exact) mass is 429 g/mol. The summed E-state index contributed by atoms with van der Waals surface area (Å²) in [6.07, 6.45) is 3.31. The van der Waals surface area contributed by atoms with Gasteiger partial charge in [-0.25, -0.2) is 14.2 Å². The van der Waals surface area contributed by atoms with Crippen molar-refractivity contribution in [3.63, 3.8) is 0 Å². The number of aromatic nitrogens is 4. The van der Waals surface area contributed by atoms with Crippen molar-refractivity contribution in [2.24, 2.45) is 13.0 Å². The van der Waals surface area contributed by atoms with Gasteiger partial charge in [-0.05, 0) is 37.8 Å². The number of carbonyl (C=O) groups is 1. The number of esters is 1. The second-order valence-electron chi connectivity index (χ2n) is 7.68. The molecule has 0 amide bonds. The number of rotatable bonds is 5. The zero-order valence-corrected chi connectivity index (χ0v) is 17.6. The molecule has 1 aliphatic heterocycles. The van der Waals surface area contributed by atoms with Crippen LogP contribution in [0.25, 0.3) is 11.0 Å². The predicted molar refractivity (Wildman–Crippen MR) is 112 cm³/mol. The van der Waals surface area contributed by atoms with Crippen LogP contribution in [-0.2, 0) is 23.1 Å². The number of aryl methyl sites for hydroxylation is 2. The van der Waals surface area contributed by atoms with Crippen molar-refractivity contribution in [2.75, 3.05) is 25.6 Å². The number of nitrogens with zero attached hydrogens (tertiary/aromatic N) is 4. The Bertz CT molecular complexity index is 1200. The molecule has 4 rings (SSSR count). The van der Waals surface area contributed by atoms with E-state index >= 15 is 0 Å². The SMILES string of the molecule is COC(=O)c1cc(Nc2nc(C)c3cc(F)c(=O)n(CC4CCOCC4)c3n2)cn1C. The molecule has 0 atom stereocenters. The van der Waals surface area contributed by atoms with Crippen molar-refractivity contribution >= 4 is 28.6 Å². The van der Waals surface area contributed by atoms with E-state index in [0.29, 0.717) is 47.9 Å². The molecule has 9 nitrogen and oxygen atoms in total. The molecule has 0 aliphatic carbocycles. The van der Waals surface area contributed by atoms with Crippen molar-refractivity contribution in [3.8, 4) is 0 Å². The minimum Gasteiger partial charge on any atom is -0.464 e. The van der Waals surface area contributed by atoms with Gasteiger partial charge < -0.3 is 19.4 Å². The first-order valence-corrected chi connectivity index (χ1v) is 10.0. The largest absolute Gasteiger partial charge is 0.464 e. The highest BCUT2D eigenvalue weighted by atomic mass is 19.1. The second-order valence-corrected chi connectivity index (χ2v) is 7.68. The van der Waals surface area contributed by atoms with E-state index < -0.39 is 17.3 Å². The Balaban J connectivity index is 1.74. The summed E-state index contributed by atoms with van der Waals surface area (Å²) in [5.74, 6) is -0.830. The maximum atomic E-state index is 14.4. The molecule has 0 aromatic carbocycles. The smallest absolute Gasteiger partial charge is 0.354 e. The van der Waals surface area contributed by atoms with Crippen LogP contribution in [0.5, 0.6) is 0 Å². The van der Waals surface area contributed by atoms with E-state index in [1.54, 1.807) is 30.8 Å². The highest BCUT2D eigenvalue weighted by molar-refractivity contribution is 5.89. The van der Waals surface area contributed by atoms with Crippen molar-refractivity contribution in [1.29, 1.82) is 0 Å². The van der Waals surface area contributed by atoms with Crippen LogP contribution >= 0.6 is 0 Å². The molecule has 3 aromatic heterocycles. The third-order valence-electron chi connectivity index (χ3n) is 5.53. The van der Waals surface area contributed by atoms with Crippen LogP contribution < -0.4 is 10.9 Å². The highest BCUT2D eigenvalue weighted by Gasteiger charge is 2.20. The van der Waals surface area contributed by atoms with Crippen LogP contribution in [0.2, 0.25) is 0 Å². The molecule has 0 saturated carbocycles. The summed E-state index contributed by atoms with van der Waals surface area (Å²) >= 11 is 0. The topological polar surface area (TPSA) is 100 Å². The molecule has 0 bridgehead atoms. The number of anilines is 2. The average molecular weight is 429 g/mol. The van der Waals surface area contributed by atoms with E-state index in [0.717, 1.165) is 12.8 Å². The van der Waals surface area contributed by atoms with E-state index in [4.69, 9.17) is 9.47 Å². The number of hydrogen-bond acceptors (Lipinski definition) is 7. The first-order chi connectivity index (χ1) is 14.9. The molecule has 1 N–H and O–H groups in total. The standard InChI is InChI=1S/C21H24FN5O4/c1-12-15-9-16(22)19(28)27(10-13-4-6-31-7-5-13)18(15)25-21(23-12)24-14-8-17(20(29)30-3)26(2)11-14/h8-9,11,13H,4-7,10H2,1-3H3,(H,23,24,25). The Morgan fingerprint density at radius 3 is 2.77 bits per heavy atom. The van der Waals surface area contributed by atoms with Gasteiger partial charge in [0.25, 0.3) is 5.56 Å². The fourth-order valence-corrected chi connectivity index (χ4v) is 3.84. The zero-order valence-electron chi connectivity index (χ0n) is 17.6. The lowest BCUT2D eigenvalue weighted by Crippen LogP contribution is -2.30. The summed E-state index contributed by atoms with van der Waals surface area (Å²) in [4.78, 5) is 33.4. The van der Waals surface area contributed by atoms with Crippen LogP contribution in [0, 0.1) is 18.7 Å². The fourth-order valence-electron chi connectivity index (χ4n) is 3.84. The van der Waals surface area contributed by atoms with Gasteiger partial charge in [0, 0.05) is 38.4 Å². The van der Waals surface area contributed by atoms with E-state index in [2.05, 4.69) is 15.3 Å². The Kier molecular flexibility index (Phi) is 5.73. The lowest BCUT2D eigenvalue weighted by molar-refractivity contribution is 0.0589. The third kappa shape index (κ3) is 4.15. The summed E-state index contributed by atoms with van der Waals surface area (Å²) in [6.45, 7) is 3.36. The van der Waals surface area contributed by atoms with Crippen molar-refractivity contribution in [1.82, 2.24) is 19.1 Å². The second kappa shape index (κ2) is 8.46. The van der Waals surface area contributed by atoms with E-state index in [-0.39, 0.29) is 11.9 Å². The Hall–Kier alpha value is -3.27. The van der Waals surface area contributed by atoms with Crippen LogP contribution in [-0.4, -0.2) is 45.4 Å². The number of nitrogens with one attached hydrogen (secondary N) is 1. The lowest BCUT2D eigenvalue weighted by Gasteiger charge is -2.23. The number of halogens is 1. The number of hydrogen-bond donors (Lipinski definition) is 1. The molecule has 1 aliphatic rings. The van der Waals surface area contributed by atoms with E-state index in [1.165, 1.54) is 17.7 Å². The molecule has 4 heterocycles. The van der Waals surface area contributed by atoms with Gasteiger partial charge in [0.05, 0.1) is 18.5 Å². The number of pyridine rings is 1. The molecule has 1 saturated heterocycles. The summed E-state index contributed by atoms with van der Waals surface area (Å²) in [6, 6.07) is 2.81. The van der Waals surface area contributed by atoms with Gasteiger partial charge in [0.15, 0.2) is 5.82 Å². The highest BCUT2D eigenvalue weighted by Crippen LogP contribution is 2.23. The molecular weight excluding hydrogens is 405 g/mol. The summed E-state index contributed by atoms with van der Waals surface area (Å²) in [5, 5.41) is 3.55. The third-order valence-corrected chi connectivity index (χ3v) is 5.53. The van der Waals surface area contributed by atoms with Gasteiger partial charge in [-0.15, -0.1) is 0 Å². The number of fused-ring (bicyclic) bond motifs is 1. The molecule has 164 valence electrons. The quantitative estimate of drug-likeness (QED) is 0.622. The normalized spacial score (nSPS) is 14.7. The van der Waals surface area contributed by atoms with Crippen molar-refractivity contribution < 1.29 is 18.7 Å². The fraction of sp³-hybridized carbons (Fsp3) is 0.429. The van der Waals surface area contributed by atoms with E-state index in [9.17, 15) is 14.0 Å². The number of methoxy groups -OCH3 is 1. The molecule has 0 radical (unpaired) electrons. The van der Waals surface area contributed by atoms with Gasteiger partial charge >= 0.3 is 5.97 Å². The van der Waals surface area contributed by atoms with Crippen LogP contribution in [0.15, 0.2) is 23.1 Å². The van der Waals surface area contributed by atoms with Gasteiger partial charge in [0.2, 0.25) is 5.95 Å². The summed E-state index contributed by atoms with van der Waals surface area (Å²) < 4.78 is 27.5. The van der Waals surface area contributed by atoms with Gasteiger partial charge in [-0.1, -0.05) is 0 Å². The lowest BCUT2D eigenvalue weighted by atomic mass is 10.0. The van der Waals surface area contributed by atoms with Gasteiger partial charge in [0.1, 0.15) is 11.3 Å². The zero-order chi connectivity index (χ0) is 22.1. The molecular formula is C21H24FN5O4. The minimum atomic E-state index is -0.822. The summed E-state index contributed by atoms with van der Waals surface area (Å²) in [5.41, 5.74) is 1.16. The van der Waals surface area contributed by atoms with E-state index in [1.807, 2.05) is 0 Å². The van der Waals surface area contributed by atoms with Crippen molar-refractivity contribution in [2.45, 2.75) is 26.3 Å². The maximum absolute atomic E-state index is 14.4.